The molecule has 0 aliphatic carbocycles. The molecule has 15 heteroatoms. The molecule has 4 unspecified atom stereocenters. The molecule has 0 fully saturated rings. The van der Waals surface area contributed by atoms with Gasteiger partial charge in [-0.25, -0.2) is 14.8 Å². The van der Waals surface area contributed by atoms with Gasteiger partial charge in [0.2, 0.25) is 17.7 Å². The van der Waals surface area contributed by atoms with Crippen molar-refractivity contribution < 1.29 is 24.3 Å². The fourth-order valence-corrected chi connectivity index (χ4v) is 3.77. The lowest BCUT2D eigenvalue weighted by Crippen LogP contribution is -2.58. The average Bonchev–Trinajstić information content (AvgIpc) is 3.53. The van der Waals surface area contributed by atoms with E-state index in [0.717, 1.165) is 0 Å². The summed E-state index contributed by atoms with van der Waals surface area (Å²) in [7, 11) is 0. The van der Waals surface area contributed by atoms with Crippen molar-refractivity contribution in [3.05, 3.63) is 36.4 Å². The number of hydrogen-bond donors (Lipinski definition) is 8. The highest BCUT2D eigenvalue weighted by Crippen LogP contribution is 2.05. The van der Waals surface area contributed by atoms with Gasteiger partial charge in [0.1, 0.15) is 18.1 Å². The molecule has 2 aromatic rings. The normalized spacial score (nSPS) is 14.4. The van der Waals surface area contributed by atoms with Crippen molar-refractivity contribution in [3.8, 4) is 0 Å². The summed E-state index contributed by atoms with van der Waals surface area (Å²) in [5, 5.41) is 16.9. The minimum atomic E-state index is -1.26. The Bertz CT molecular complexity index is 957. The summed E-state index contributed by atoms with van der Waals surface area (Å²) in [5.41, 5.74) is 7.07. The number of carbonyl (C=O) groups excluding carboxylic acids is 3. The maximum Gasteiger partial charge on any atom is 0.327 e. The van der Waals surface area contributed by atoms with E-state index in [1.807, 2.05) is 6.26 Å². The van der Waals surface area contributed by atoms with Crippen LogP contribution in [0.25, 0.3) is 0 Å². The second kappa shape index (κ2) is 14.4. The second-order valence-electron chi connectivity index (χ2n) is 7.65. The van der Waals surface area contributed by atoms with Crippen LogP contribution in [0.15, 0.2) is 25.0 Å². The number of rotatable bonds is 15. The summed E-state index contributed by atoms with van der Waals surface area (Å²) in [6.07, 6.45) is 8.25. The van der Waals surface area contributed by atoms with E-state index >= 15 is 0 Å². The monoisotopic (exact) mass is 526 g/mol. The predicted octanol–water partition coefficient (Wildman–Crippen LogP) is -1.53. The van der Waals surface area contributed by atoms with E-state index in [-0.39, 0.29) is 18.6 Å². The summed E-state index contributed by atoms with van der Waals surface area (Å²) < 4.78 is 0. The van der Waals surface area contributed by atoms with E-state index in [1.54, 1.807) is 11.8 Å². The van der Waals surface area contributed by atoms with Crippen LogP contribution in [-0.2, 0) is 32.0 Å². The number of thiol groups is 1. The standard InChI is InChI=1S/C20H30N8O5S2/c1-35-3-2-13(21)17(29)26-14(4-11-6-22-9-24-11)18(30)27-15(5-12-7-23-10-25-12)19(31)28-16(8-34)20(32)33/h6-7,9-10,13-16,34H,2-5,8,21H2,1H3,(H,22,24)(H,23,25)(H,26,29)(H,27,30)(H,28,31)(H,32,33). The number of hydrogen-bond acceptors (Lipinski definition) is 9. The number of nitrogens with zero attached hydrogens (tertiary/aromatic N) is 2. The number of aromatic amines is 2. The van der Waals surface area contributed by atoms with Crippen LogP contribution >= 0.6 is 24.4 Å². The fraction of sp³-hybridized carbons (Fsp3) is 0.500. The van der Waals surface area contributed by atoms with E-state index in [9.17, 15) is 24.3 Å². The number of aromatic nitrogens is 4. The molecule has 0 bridgehead atoms. The van der Waals surface area contributed by atoms with Crippen molar-refractivity contribution in [1.82, 2.24) is 35.9 Å². The molecule has 8 N–H and O–H groups in total. The Morgan fingerprint density at radius 2 is 1.46 bits per heavy atom. The SMILES string of the molecule is CSCCC(N)C(=O)NC(Cc1cnc[nH]1)C(=O)NC(Cc1cnc[nH]1)C(=O)NC(CS)C(=O)O. The van der Waals surface area contributed by atoms with Gasteiger partial charge in [-0.3, -0.25) is 14.4 Å². The van der Waals surface area contributed by atoms with Crippen molar-refractivity contribution in [3.63, 3.8) is 0 Å². The Balaban J connectivity index is 2.19. The summed E-state index contributed by atoms with van der Waals surface area (Å²) in [6, 6.07) is -4.28. The first kappa shape index (κ1) is 28.2. The maximum atomic E-state index is 13.2. The van der Waals surface area contributed by atoms with Gasteiger partial charge in [0, 0.05) is 42.4 Å². The van der Waals surface area contributed by atoms with Crippen LogP contribution in [0, 0.1) is 0 Å². The number of carbonyl (C=O) groups is 4. The molecule has 35 heavy (non-hydrogen) atoms. The Hall–Kier alpha value is -3.04. The summed E-state index contributed by atoms with van der Waals surface area (Å²) in [6.45, 7) is 0. The van der Waals surface area contributed by atoms with Gasteiger partial charge in [-0.05, 0) is 18.4 Å². The fourth-order valence-electron chi connectivity index (χ4n) is 3.04. The topological polar surface area (TPSA) is 208 Å². The number of nitrogens with two attached hydrogens (primary N) is 1. The van der Waals surface area contributed by atoms with Crippen LogP contribution in [-0.4, -0.2) is 90.7 Å². The molecule has 3 amide bonds. The van der Waals surface area contributed by atoms with Crippen molar-refractivity contribution in [2.45, 2.75) is 43.4 Å². The molecular formula is C20H30N8O5S2. The average molecular weight is 527 g/mol. The molecule has 0 radical (unpaired) electrons. The van der Waals surface area contributed by atoms with Crippen LogP contribution in [0.4, 0.5) is 0 Å². The van der Waals surface area contributed by atoms with E-state index in [1.165, 1.54) is 25.0 Å². The number of amides is 3. The zero-order valence-corrected chi connectivity index (χ0v) is 20.8. The highest BCUT2D eigenvalue weighted by Gasteiger charge is 2.30. The third-order valence-electron chi connectivity index (χ3n) is 4.99. The molecular weight excluding hydrogens is 496 g/mol. The quantitative estimate of drug-likeness (QED) is 0.126. The molecule has 0 aromatic carbocycles. The van der Waals surface area contributed by atoms with Gasteiger partial charge in [-0.2, -0.15) is 24.4 Å². The number of carboxylic acid groups (broad SMARTS) is 1. The maximum absolute atomic E-state index is 13.2. The zero-order chi connectivity index (χ0) is 25.8. The number of carboxylic acids is 1. The van der Waals surface area contributed by atoms with Gasteiger partial charge in [0.15, 0.2) is 0 Å². The Morgan fingerprint density at radius 1 is 0.971 bits per heavy atom. The predicted molar refractivity (Wildman–Crippen MR) is 133 cm³/mol. The van der Waals surface area contributed by atoms with Crippen LogP contribution in [0.2, 0.25) is 0 Å². The number of thioether (sulfide) groups is 1. The lowest BCUT2D eigenvalue weighted by atomic mass is 10.1. The van der Waals surface area contributed by atoms with Crippen LogP contribution < -0.4 is 21.7 Å². The lowest BCUT2D eigenvalue weighted by Gasteiger charge is -2.24. The van der Waals surface area contributed by atoms with Crippen LogP contribution in [0.3, 0.4) is 0 Å². The first-order valence-corrected chi connectivity index (χ1v) is 12.7. The Morgan fingerprint density at radius 3 is 1.86 bits per heavy atom. The van der Waals surface area contributed by atoms with Gasteiger partial charge in [-0.1, -0.05) is 0 Å². The van der Waals surface area contributed by atoms with Crippen LogP contribution in [0.1, 0.15) is 17.8 Å². The highest BCUT2D eigenvalue weighted by atomic mass is 32.2. The number of aliphatic carboxylic acids is 1. The van der Waals surface area contributed by atoms with Gasteiger partial charge in [0.05, 0.1) is 18.7 Å². The molecule has 4 atom stereocenters. The molecule has 192 valence electrons. The van der Waals surface area contributed by atoms with Gasteiger partial charge in [-0.15, -0.1) is 0 Å². The van der Waals surface area contributed by atoms with Crippen molar-refractivity contribution in [1.29, 1.82) is 0 Å². The third-order valence-corrected chi connectivity index (χ3v) is 6.00. The van der Waals surface area contributed by atoms with Gasteiger partial charge in [0.25, 0.3) is 0 Å². The zero-order valence-electron chi connectivity index (χ0n) is 19.1. The summed E-state index contributed by atoms with van der Waals surface area (Å²) in [5.74, 6) is -2.61. The van der Waals surface area contributed by atoms with E-state index in [0.29, 0.717) is 23.6 Å². The van der Waals surface area contributed by atoms with E-state index in [4.69, 9.17) is 5.73 Å². The molecule has 0 aliphatic heterocycles. The number of imidazole rings is 2. The summed E-state index contributed by atoms with van der Waals surface area (Å²) in [4.78, 5) is 63.6. The summed E-state index contributed by atoms with van der Waals surface area (Å²) >= 11 is 5.50. The molecule has 0 saturated carbocycles. The smallest absolute Gasteiger partial charge is 0.327 e. The van der Waals surface area contributed by atoms with E-state index in [2.05, 4.69) is 48.5 Å². The number of H-pyrrole nitrogens is 2. The van der Waals surface area contributed by atoms with Crippen molar-refractivity contribution in [2.24, 2.45) is 5.73 Å². The molecule has 13 nitrogen and oxygen atoms in total. The Kier molecular flexibility index (Phi) is 11.6. The lowest BCUT2D eigenvalue weighted by molar-refractivity contribution is -0.141. The second-order valence-corrected chi connectivity index (χ2v) is 9.00. The van der Waals surface area contributed by atoms with Gasteiger partial charge >= 0.3 is 5.97 Å². The largest absolute Gasteiger partial charge is 0.480 e. The minimum absolute atomic E-state index is 0.00838. The minimum Gasteiger partial charge on any atom is -0.480 e. The van der Waals surface area contributed by atoms with Gasteiger partial charge < -0.3 is 36.8 Å². The molecule has 2 aromatic heterocycles. The molecule has 0 saturated heterocycles. The Labute approximate surface area is 211 Å². The molecule has 2 rings (SSSR count). The molecule has 0 spiro atoms. The molecule has 2 heterocycles. The first-order valence-electron chi connectivity index (χ1n) is 10.7. The molecule has 0 aliphatic rings. The highest BCUT2D eigenvalue weighted by molar-refractivity contribution is 7.98. The first-order chi connectivity index (χ1) is 16.7. The van der Waals surface area contributed by atoms with Crippen molar-refractivity contribution >= 4 is 48.1 Å². The van der Waals surface area contributed by atoms with E-state index < -0.39 is 47.9 Å². The van der Waals surface area contributed by atoms with Crippen LogP contribution in [0.5, 0.6) is 0 Å². The third kappa shape index (κ3) is 9.26. The van der Waals surface area contributed by atoms with Crippen molar-refractivity contribution in [2.75, 3.05) is 17.8 Å². The number of nitrogens with one attached hydrogen (secondary N) is 5.